The van der Waals surface area contributed by atoms with Crippen LogP contribution in [-0.2, 0) is 4.79 Å². The van der Waals surface area contributed by atoms with E-state index in [1.807, 2.05) is 0 Å². The molecule has 9 nitrogen and oxygen atoms in total. The molecule has 0 spiro atoms. The molecule has 24 heavy (non-hydrogen) atoms. The fraction of sp³-hybridized carbons (Fsp3) is 0.267. The van der Waals surface area contributed by atoms with E-state index < -0.39 is 16.9 Å². The van der Waals surface area contributed by atoms with Gasteiger partial charge < -0.3 is 11.1 Å². The first kappa shape index (κ1) is 17.1. The van der Waals surface area contributed by atoms with Gasteiger partial charge in [0.2, 0.25) is 11.8 Å². The lowest BCUT2D eigenvalue weighted by atomic mass is 10.2. The maximum absolute atomic E-state index is 12.3. The molecular weight excluding hydrogens is 314 g/mol. The van der Waals surface area contributed by atoms with Gasteiger partial charge in [0.05, 0.1) is 4.92 Å². The second-order valence-corrected chi connectivity index (χ2v) is 5.33. The normalized spacial score (nSPS) is 11.8. The number of benzene rings is 1. The van der Waals surface area contributed by atoms with Crippen molar-refractivity contribution in [2.45, 2.75) is 26.8 Å². The highest BCUT2D eigenvalue weighted by Gasteiger charge is 2.27. The molecule has 1 aromatic carbocycles. The third-order valence-corrected chi connectivity index (χ3v) is 3.65. The molecule has 0 fully saturated rings. The molecule has 2 rings (SSSR count). The molecule has 0 bridgehead atoms. The molecule has 0 aliphatic rings. The Bertz CT molecular complexity index is 810. The zero-order chi connectivity index (χ0) is 18.0. The average molecular weight is 331 g/mol. The number of rotatable bonds is 5. The van der Waals surface area contributed by atoms with Crippen LogP contribution in [0, 0.1) is 24.0 Å². The third kappa shape index (κ3) is 3.24. The molecule has 2 amide bonds. The van der Waals surface area contributed by atoms with Gasteiger partial charge in [-0.05, 0) is 45.0 Å². The molecule has 0 aliphatic carbocycles. The number of carbonyl (C=O) groups excluding carboxylic acids is 2. The monoisotopic (exact) mass is 331 g/mol. The van der Waals surface area contributed by atoms with E-state index in [9.17, 15) is 19.7 Å². The van der Waals surface area contributed by atoms with E-state index in [2.05, 4.69) is 10.4 Å². The average Bonchev–Trinajstić information content (AvgIpc) is 2.81. The predicted octanol–water partition coefficient (Wildman–Crippen LogP) is 1.71. The number of hydrogen-bond donors (Lipinski definition) is 2. The molecule has 2 aromatic rings. The minimum absolute atomic E-state index is 0.0968. The summed E-state index contributed by atoms with van der Waals surface area (Å²) in [6.07, 6.45) is 0. The lowest BCUT2D eigenvalue weighted by Crippen LogP contribution is -2.25. The number of nitrogens with one attached hydrogen (secondary N) is 1. The van der Waals surface area contributed by atoms with Crippen molar-refractivity contribution < 1.29 is 14.5 Å². The number of nitrogens with two attached hydrogens (primary N) is 1. The molecule has 0 aliphatic heterocycles. The lowest BCUT2D eigenvalue weighted by Gasteiger charge is -2.14. The Balaban J connectivity index is 2.19. The summed E-state index contributed by atoms with van der Waals surface area (Å²) in [6, 6.07) is 5.35. The summed E-state index contributed by atoms with van der Waals surface area (Å²) >= 11 is 0. The van der Waals surface area contributed by atoms with Crippen LogP contribution in [0.4, 0.5) is 11.4 Å². The fourth-order valence-corrected chi connectivity index (χ4v) is 2.37. The van der Waals surface area contributed by atoms with Crippen LogP contribution in [-0.4, -0.2) is 26.5 Å². The highest BCUT2D eigenvalue weighted by molar-refractivity contribution is 5.95. The summed E-state index contributed by atoms with van der Waals surface area (Å²) in [6.45, 7) is 4.66. The Kier molecular flexibility index (Phi) is 4.63. The number of amides is 2. The third-order valence-electron chi connectivity index (χ3n) is 3.65. The van der Waals surface area contributed by atoms with Gasteiger partial charge in [-0.1, -0.05) is 0 Å². The molecule has 0 saturated carbocycles. The van der Waals surface area contributed by atoms with E-state index >= 15 is 0 Å². The number of nitrogens with zero attached hydrogens (tertiary/aromatic N) is 3. The SMILES string of the molecule is Cc1nn(C(C)C(=O)Nc2ccc(C(N)=O)cc2)c(C)c1[N+](=O)[O-]. The Morgan fingerprint density at radius 3 is 2.33 bits per heavy atom. The van der Waals surface area contributed by atoms with Gasteiger partial charge in [0.1, 0.15) is 17.4 Å². The number of aromatic nitrogens is 2. The van der Waals surface area contributed by atoms with Crippen molar-refractivity contribution in [1.82, 2.24) is 9.78 Å². The largest absolute Gasteiger partial charge is 0.366 e. The fourth-order valence-electron chi connectivity index (χ4n) is 2.37. The molecule has 3 N–H and O–H groups in total. The molecule has 9 heteroatoms. The Labute approximate surface area is 137 Å². The van der Waals surface area contributed by atoms with Crippen LogP contribution in [0.25, 0.3) is 0 Å². The summed E-state index contributed by atoms with van der Waals surface area (Å²) in [5.74, 6) is -0.946. The van der Waals surface area contributed by atoms with Crippen molar-refractivity contribution in [2.75, 3.05) is 5.32 Å². The van der Waals surface area contributed by atoms with E-state index in [1.54, 1.807) is 26.0 Å². The number of primary amides is 1. The van der Waals surface area contributed by atoms with E-state index in [0.717, 1.165) is 0 Å². The van der Waals surface area contributed by atoms with Crippen LogP contribution in [0.2, 0.25) is 0 Å². The topological polar surface area (TPSA) is 133 Å². The van der Waals surface area contributed by atoms with Gasteiger partial charge in [0, 0.05) is 11.3 Å². The molecule has 1 atom stereocenters. The first-order chi connectivity index (χ1) is 11.2. The number of aryl methyl sites for hydroxylation is 1. The lowest BCUT2D eigenvalue weighted by molar-refractivity contribution is -0.386. The minimum Gasteiger partial charge on any atom is -0.366 e. The molecule has 126 valence electrons. The summed E-state index contributed by atoms with van der Waals surface area (Å²) in [7, 11) is 0. The van der Waals surface area contributed by atoms with Crippen LogP contribution in [0.15, 0.2) is 24.3 Å². The summed E-state index contributed by atoms with van der Waals surface area (Å²) in [4.78, 5) is 33.9. The highest BCUT2D eigenvalue weighted by atomic mass is 16.6. The molecule has 1 aromatic heterocycles. The van der Waals surface area contributed by atoms with E-state index in [0.29, 0.717) is 16.9 Å². The van der Waals surface area contributed by atoms with Crippen molar-refractivity contribution in [3.05, 3.63) is 51.3 Å². The van der Waals surface area contributed by atoms with Gasteiger partial charge in [-0.25, -0.2) is 0 Å². The van der Waals surface area contributed by atoms with Crippen molar-refractivity contribution >= 4 is 23.2 Å². The van der Waals surface area contributed by atoms with Gasteiger partial charge in [0.15, 0.2) is 0 Å². The zero-order valence-electron chi connectivity index (χ0n) is 13.4. The van der Waals surface area contributed by atoms with Crippen LogP contribution < -0.4 is 11.1 Å². The quantitative estimate of drug-likeness (QED) is 0.635. The summed E-state index contributed by atoms with van der Waals surface area (Å²) < 4.78 is 1.32. The van der Waals surface area contributed by atoms with E-state index in [-0.39, 0.29) is 17.3 Å². The smallest absolute Gasteiger partial charge is 0.312 e. The minimum atomic E-state index is -0.742. The van der Waals surface area contributed by atoms with Gasteiger partial charge in [-0.3, -0.25) is 24.4 Å². The second kappa shape index (κ2) is 6.49. The number of anilines is 1. The summed E-state index contributed by atoms with van der Waals surface area (Å²) in [5.41, 5.74) is 6.43. The predicted molar refractivity (Wildman–Crippen MR) is 86.7 cm³/mol. The van der Waals surface area contributed by atoms with Crippen LogP contribution in [0.5, 0.6) is 0 Å². The van der Waals surface area contributed by atoms with Crippen LogP contribution in [0.3, 0.4) is 0 Å². The number of hydrogen-bond acceptors (Lipinski definition) is 5. The van der Waals surface area contributed by atoms with Crippen LogP contribution in [0.1, 0.15) is 34.7 Å². The van der Waals surface area contributed by atoms with Crippen molar-refractivity contribution in [2.24, 2.45) is 5.73 Å². The second-order valence-electron chi connectivity index (χ2n) is 5.33. The molecule has 0 radical (unpaired) electrons. The number of carbonyl (C=O) groups is 2. The number of nitro groups is 1. The maximum atomic E-state index is 12.3. The highest BCUT2D eigenvalue weighted by Crippen LogP contribution is 2.25. The molecule has 0 saturated heterocycles. The van der Waals surface area contributed by atoms with Gasteiger partial charge in [-0.2, -0.15) is 5.10 Å². The first-order valence-electron chi connectivity index (χ1n) is 7.13. The van der Waals surface area contributed by atoms with Gasteiger partial charge in [-0.15, -0.1) is 0 Å². The van der Waals surface area contributed by atoms with E-state index in [4.69, 9.17) is 5.73 Å². The van der Waals surface area contributed by atoms with Crippen LogP contribution >= 0.6 is 0 Å². The Hall–Kier alpha value is -3.23. The Morgan fingerprint density at radius 2 is 1.88 bits per heavy atom. The first-order valence-corrected chi connectivity index (χ1v) is 7.13. The molecule has 1 heterocycles. The van der Waals surface area contributed by atoms with Gasteiger partial charge in [0.25, 0.3) is 0 Å². The van der Waals surface area contributed by atoms with Crippen molar-refractivity contribution in [3.63, 3.8) is 0 Å². The van der Waals surface area contributed by atoms with Crippen molar-refractivity contribution in [3.8, 4) is 0 Å². The van der Waals surface area contributed by atoms with Crippen molar-refractivity contribution in [1.29, 1.82) is 0 Å². The van der Waals surface area contributed by atoms with Gasteiger partial charge >= 0.3 is 5.69 Å². The molecule has 1 unspecified atom stereocenters. The van der Waals surface area contributed by atoms with E-state index in [1.165, 1.54) is 23.7 Å². The summed E-state index contributed by atoms with van der Waals surface area (Å²) in [5, 5.41) is 17.8. The maximum Gasteiger partial charge on any atom is 0.312 e. The molecular formula is C15H17N5O4. The standard InChI is InChI=1S/C15H17N5O4/c1-8-13(20(23)24)9(2)19(18-8)10(3)15(22)17-12-6-4-11(5-7-12)14(16)21/h4-7,10H,1-3H3,(H2,16,21)(H,17,22). The zero-order valence-corrected chi connectivity index (χ0v) is 13.4. The Morgan fingerprint density at radius 1 is 1.29 bits per heavy atom.